The Hall–Kier alpha value is -8.53. The molecular weight excluding hydrogens is 915 g/mol. The van der Waals surface area contributed by atoms with E-state index in [1.165, 1.54) is 31.2 Å². The van der Waals surface area contributed by atoms with E-state index in [0.717, 1.165) is 16.3 Å². The van der Waals surface area contributed by atoms with Crippen LogP contribution in [0.15, 0.2) is 65.2 Å². The van der Waals surface area contributed by atoms with E-state index in [0.29, 0.717) is 94.1 Å². The number of nitrogens with one attached hydrogen (secondary N) is 1. The average molecular weight is 970 g/mol. The maximum atomic E-state index is 13.8. The van der Waals surface area contributed by atoms with Gasteiger partial charge in [0.25, 0.3) is 17.7 Å². The third-order valence-electron chi connectivity index (χ3n) is 11.6. The predicted octanol–water partition coefficient (Wildman–Crippen LogP) is 4.53. The number of nitrogens with zero attached hydrogens (tertiary/aromatic N) is 10. The van der Waals surface area contributed by atoms with Gasteiger partial charge in [-0.3, -0.25) is 43.7 Å². The maximum absolute atomic E-state index is 13.8. The number of aromatic nitrogens is 8. The molecule has 0 atom stereocenters. The Morgan fingerprint density at radius 2 is 1.65 bits per heavy atom. The second kappa shape index (κ2) is 21.8. The van der Waals surface area contributed by atoms with Crippen LogP contribution < -0.4 is 26.3 Å². The van der Waals surface area contributed by atoms with Gasteiger partial charge in [0, 0.05) is 93.4 Å². The summed E-state index contributed by atoms with van der Waals surface area (Å²) in [5, 5.41) is 8.80. The lowest BCUT2D eigenvalue weighted by molar-refractivity contribution is -0.138. The number of hydrogen-bond acceptors (Lipinski definition) is 15. The van der Waals surface area contributed by atoms with Gasteiger partial charge in [0.2, 0.25) is 23.5 Å². The summed E-state index contributed by atoms with van der Waals surface area (Å²) in [5.41, 5.74) is 14.9. The minimum absolute atomic E-state index is 0.0280. The fraction of sp³-hybridized carbons (Fsp3) is 0.327. The molecule has 0 spiro atoms. The van der Waals surface area contributed by atoms with Crippen molar-refractivity contribution in [1.82, 2.24) is 48.7 Å². The first-order valence-electron chi connectivity index (χ1n) is 22.8. The number of hydrogen-bond donors (Lipinski definition) is 3. The second-order valence-corrected chi connectivity index (χ2v) is 16.2. The van der Waals surface area contributed by atoms with Crippen molar-refractivity contribution in [3.8, 4) is 23.0 Å². The van der Waals surface area contributed by atoms with Crippen molar-refractivity contribution in [3.05, 3.63) is 95.0 Å². The van der Waals surface area contributed by atoms with E-state index in [9.17, 15) is 28.8 Å². The van der Waals surface area contributed by atoms with Gasteiger partial charge in [-0.2, -0.15) is 5.10 Å². The zero-order chi connectivity index (χ0) is 51.1. The highest BCUT2D eigenvalue weighted by atomic mass is 16.5. The molecule has 1 aliphatic heterocycles. The van der Waals surface area contributed by atoms with Gasteiger partial charge < -0.3 is 39.4 Å². The van der Waals surface area contributed by atoms with Gasteiger partial charge in [0.05, 0.1) is 36.1 Å². The van der Waals surface area contributed by atoms with Crippen molar-refractivity contribution in [2.45, 2.75) is 66.6 Å². The Morgan fingerprint density at radius 1 is 0.915 bits per heavy atom. The van der Waals surface area contributed by atoms with Gasteiger partial charge in [-0.1, -0.05) is 19.1 Å². The molecule has 5 N–H and O–H groups in total. The van der Waals surface area contributed by atoms with Crippen molar-refractivity contribution in [2.75, 3.05) is 46.2 Å². The van der Waals surface area contributed by atoms with Crippen LogP contribution in [0.2, 0.25) is 0 Å². The molecule has 22 nitrogen and oxygen atoms in total. The van der Waals surface area contributed by atoms with Crippen molar-refractivity contribution in [2.24, 2.45) is 11.5 Å². The summed E-state index contributed by atoms with van der Waals surface area (Å²) in [6.45, 7) is 8.79. The Labute approximate surface area is 407 Å². The van der Waals surface area contributed by atoms with Crippen molar-refractivity contribution in [1.29, 1.82) is 0 Å². The summed E-state index contributed by atoms with van der Waals surface area (Å²) in [5.74, 6) is -0.689. The van der Waals surface area contributed by atoms with E-state index in [1.807, 2.05) is 48.2 Å². The highest BCUT2D eigenvalue weighted by Gasteiger charge is 2.26. The lowest BCUT2D eigenvalue weighted by Gasteiger charge is -2.19. The summed E-state index contributed by atoms with van der Waals surface area (Å²) in [6, 6.07) is 8.38. The van der Waals surface area contributed by atoms with Crippen LogP contribution in [0.3, 0.4) is 0 Å². The highest BCUT2D eigenvalue weighted by molar-refractivity contribution is 6.13. The zero-order valence-corrected chi connectivity index (χ0v) is 40.5. The topological polar surface area (TPSA) is 284 Å². The number of rotatable bonds is 20. The lowest BCUT2D eigenvalue weighted by Crippen LogP contribution is -2.36. The number of carbonyl (C=O) groups excluding carboxylic acids is 6. The number of imide groups is 1. The summed E-state index contributed by atoms with van der Waals surface area (Å²) in [7, 11) is 4.63. The number of amides is 5. The normalized spacial score (nSPS) is 12.4. The molecule has 8 rings (SSSR count). The van der Waals surface area contributed by atoms with Crippen LogP contribution in [0.5, 0.6) is 11.5 Å². The van der Waals surface area contributed by atoms with Crippen molar-refractivity contribution in [3.63, 3.8) is 0 Å². The smallest absolute Gasteiger partial charge is 0.295 e. The quantitative estimate of drug-likeness (QED) is 0.0409. The van der Waals surface area contributed by atoms with Crippen LogP contribution in [-0.2, 0) is 40.4 Å². The van der Waals surface area contributed by atoms with Gasteiger partial charge in [-0.05, 0) is 64.1 Å². The number of carbonyl (C=O) groups is 6. The number of aldehydes is 1. The summed E-state index contributed by atoms with van der Waals surface area (Å²) in [4.78, 5) is 96.7. The van der Waals surface area contributed by atoms with Crippen molar-refractivity contribution >= 4 is 74.7 Å². The molecule has 370 valence electrons. The molecule has 0 saturated heterocycles. The van der Waals surface area contributed by atoms with Gasteiger partial charge in [0.1, 0.15) is 34.6 Å². The van der Waals surface area contributed by atoms with E-state index < -0.39 is 23.6 Å². The SMILES string of the molecule is CCc1nc(C)oc1C(=O)Nc1nc2cc(C=O)cc(OCCCN(C)C(=O)CCN3C(=O)C=CC3=O)c2n1C/C=C/Cn1c2nc(-c3cc(C)nn3CC)ncc2c2cc(C(N)=O)cc(OC)c21.CN. The van der Waals surface area contributed by atoms with Crippen LogP contribution in [0.4, 0.5) is 5.95 Å². The number of benzene rings is 2. The lowest BCUT2D eigenvalue weighted by atomic mass is 10.1. The molecule has 1 aliphatic rings. The largest absolute Gasteiger partial charge is 0.495 e. The Balaban J connectivity index is 0.00000366. The number of oxazole rings is 1. The molecule has 0 saturated carbocycles. The van der Waals surface area contributed by atoms with Crippen LogP contribution in [0, 0.1) is 13.8 Å². The maximum Gasteiger partial charge on any atom is 0.295 e. The average Bonchev–Trinajstić information content (AvgIpc) is 4.19. The number of aryl methyl sites for hydroxylation is 4. The number of nitrogens with two attached hydrogens (primary N) is 2. The second-order valence-electron chi connectivity index (χ2n) is 16.2. The molecule has 0 bridgehead atoms. The first kappa shape index (κ1) is 50.3. The number of fused-ring (bicyclic) bond motifs is 4. The third-order valence-corrected chi connectivity index (χ3v) is 11.6. The summed E-state index contributed by atoms with van der Waals surface area (Å²) in [6.07, 6.45) is 9.32. The Bertz CT molecular complexity index is 3250. The highest BCUT2D eigenvalue weighted by Crippen LogP contribution is 2.37. The molecule has 5 aromatic heterocycles. The third kappa shape index (κ3) is 10.4. The standard InChI is InChI=1S/C48H50N12O9.CH5N/c1-7-33-43(69-28(4)51-33)47(66)54-48-52-34-21-29(26-61)22-37(68-19-11-15-56(5)38(62)14-18-57-39(63)12-13-40(57)64)42(34)59(48)17-10-9-16-58-41-31(23-30(44(49)65)24-36(41)67-6)32-25-50-45(53-46(32)58)35-20-27(3)55-60(35)8-2;1-2/h9-10,12-13,20-26H,7-8,11,14-19H2,1-6H3,(H2,49,65)(H,52,54,66);2H2,1H3/b10-9+;. The molecule has 0 radical (unpaired) electrons. The van der Waals surface area contributed by atoms with Gasteiger partial charge >= 0.3 is 0 Å². The number of ether oxygens (including phenoxy) is 2. The number of primary amides is 1. The number of imidazole rings is 1. The first-order chi connectivity index (χ1) is 34.2. The Kier molecular flexibility index (Phi) is 15.5. The number of anilines is 1. The van der Waals surface area contributed by atoms with E-state index in [-0.39, 0.29) is 61.4 Å². The molecule has 2 aromatic carbocycles. The summed E-state index contributed by atoms with van der Waals surface area (Å²) >= 11 is 0. The van der Waals surface area contributed by atoms with Crippen LogP contribution >= 0.6 is 0 Å². The van der Waals surface area contributed by atoms with E-state index >= 15 is 0 Å². The molecular formula is C49H55N13O9. The van der Waals surface area contributed by atoms with E-state index in [4.69, 9.17) is 34.6 Å². The molecule has 22 heteroatoms. The fourth-order valence-corrected chi connectivity index (χ4v) is 8.30. The minimum atomic E-state index is -0.623. The molecule has 0 fully saturated rings. The molecule has 6 heterocycles. The molecule has 0 unspecified atom stereocenters. The monoisotopic (exact) mass is 969 g/mol. The van der Waals surface area contributed by atoms with Gasteiger partial charge in [-0.15, -0.1) is 0 Å². The Morgan fingerprint density at radius 3 is 2.32 bits per heavy atom. The number of allylic oxidation sites excluding steroid dienone is 2. The van der Waals surface area contributed by atoms with Crippen molar-refractivity contribution < 1.29 is 42.7 Å². The summed E-state index contributed by atoms with van der Waals surface area (Å²) < 4.78 is 23.4. The van der Waals surface area contributed by atoms with Gasteiger partial charge in [0.15, 0.2) is 11.7 Å². The minimum Gasteiger partial charge on any atom is -0.495 e. The van der Waals surface area contributed by atoms with Crippen LogP contribution in [-0.4, -0.2) is 125 Å². The molecule has 5 amide bonds. The molecule has 0 aliphatic carbocycles. The van der Waals surface area contributed by atoms with E-state index in [2.05, 4.69) is 21.1 Å². The van der Waals surface area contributed by atoms with E-state index in [1.54, 1.807) is 49.0 Å². The predicted molar refractivity (Wildman–Crippen MR) is 263 cm³/mol. The van der Waals surface area contributed by atoms with Crippen LogP contribution in [0.25, 0.3) is 44.5 Å². The molecule has 71 heavy (non-hydrogen) atoms. The zero-order valence-electron chi connectivity index (χ0n) is 40.5. The van der Waals surface area contributed by atoms with Crippen LogP contribution in [0.1, 0.15) is 75.2 Å². The first-order valence-corrected chi connectivity index (χ1v) is 22.8. The number of methoxy groups -OCH3 is 1. The fourth-order valence-electron chi connectivity index (χ4n) is 8.30. The molecule has 7 aromatic rings. The van der Waals surface area contributed by atoms with Gasteiger partial charge in [-0.25, -0.2) is 19.9 Å².